The van der Waals surface area contributed by atoms with E-state index in [0.717, 1.165) is 18.4 Å². The van der Waals surface area contributed by atoms with Gasteiger partial charge in [-0.1, -0.05) is 11.6 Å². The third-order valence-corrected chi connectivity index (χ3v) is 3.28. The van der Waals surface area contributed by atoms with E-state index in [0.29, 0.717) is 0 Å². The van der Waals surface area contributed by atoms with E-state index in [2.05, 4.69) is 6.08 Å². The molecule has 0 radical (unpaired) electrons. The van der Waals surface area contributed by atoms with Crippen molar-refractivity contribution in [1.82, 2.24) is 0 Å². The van der Waals surface area contributed by atoms with Gasteiger partial charge < -0.3 is 5.73 Å². The third-order valence-electron chi connectivity index (χ3n) is 3.28. The van der Waals surface area contributed by atoms with Crippen molar-refractivity contribution in [2.45, 2.75) is 32.1 Å². The van der Waals surface area contributed by atoms with Gasteiger partial charge in [0.15, 0.2) is 0 Å². The molecule has 2 N–H and O–H groups in total. The highest BCUT2D eigenvalue weighted by Gasteiger charge is 2.30. The van der Waals surface area contributed by atoms with Crippen LogP contribution in [-0.2, 0) is 0 Å². The Morgan fingerprint density at radius 1 is 1.27 bits per heavy atom. The molecule has 3 saturated carbocycles. The molecule has 3 aliphatic rings. The second-order valence-electron chi connectivity index (χ2n) is 3.94. The molecule has 0 saturated heterocycles. The van der Waals surface area contributed by atoms with Gasteiger partial charge in [0, 0.05) is 6.54 Å². The molecule has 11 heavy (non-hydrogen) atoms. The van der Waals surface area contributed by atoms with Crippen molar-refractivity contribution < 1.29 is 0 Å². The van der Waals surface area contributed by atoms with Crippen LogP contribution in [-0.4, -0.2) is 6.54 Å². The van der Waals surface area contributed by atoms with Gasteiger partial charge in [0.05, 0.1) is 0 Å². The lowest BCUT2D eigenvalue weighted by atomic mass is 9.68. The maximum Gasteiger partial charge on any atom is 0.0109 e. The van der Waals surface area contributed by atoms with E-state index >= 15 is 0 Å². The second kappa shape index (κ2) is 2.98. The van der Waals surface area contributed by atoms with E-state index in [1.165, 1.54) is 32.1 Å². The van der Waals surface area contributed by atoms with Crippen LogP contribution in [0.3, 0.4) is 0 Å². The molecule has 0 aromatic heterocycles. The van der Waals surface area contributed by atoms with Crippen molar-refractivity contribution in [3.05, 3.63) is 11.6 Å². The predicted octanol–water partition coefficient (Wildman–Crippen LogP) is 2.08. The molecule has 0 aromatic rings. The summed E-state index contributed by atoms with van der Waals surface area (Å²) in [5.74, 6) is 1.93. The second-order valence-corrected chi connectivity index (χ2v) is 3.94. The van der Waals surface area contributed by atoms with Crippen molar-refractivity contribution in [3.8, 4) is 0 Å². The average Bonchev–Trinajstić information content (AvgIpc) is 2.07. The molecule has 3 rings (SSSR count). The Labute approximate surface area is 68.7 Å². The summed E-state index contributed by atoms with van der Waals surface area (Å²) in [6, 6.07) is 0. The zero-order valence-corrected chi connectivity index (χ0v) is 7.05. The van der Waals surface area contributed by atoms with Gasteiger partial charge in [0.25, 0.3) is 0 Å². The topological polar surface area (TPSA) is 26.0 Å². The Kier molecular flexibility index (Phi) is 1.99. The van der Waals surface area contributed by atoms with Gasteiger partial charge in [-0.3, -0.25) is 0 Å². The fourth-order valence-electron chi connectivity index (χ4n) is 2.64. The number of fused-ring (bicyclic) bond motifs is 3. The van der Waals surface area contributed by atoms with E-state index in [1.807, 2.05) is 0 Å². The summed E-state index contributed by atoms with van der Waals surface area (Å²) in [7, 11) is 0. The normalized spacial score (nSPS) is 39.9. The Balaban J connectivity index is 2.08. The van der Waals surface area contributed by atoms with Crippen molar-refractivity contribution in [2.24, 2.45) is 17.6 Å². The Morgan fingerprint density at radius 3 is 2.45 bits per heavy atom. The van der Waals surface area contributed by atoms with Crippen LogP contribution >= 0.6 is 0 Å². The first-order valence-corrected chi connectivity index (χ1v) is 4.79. The zero-order chi connectivity index (χ0) is 7.68. The van der Waals surface area contributed by atoms with Crippen LogP contribution in [0, 0.1) is 11.8 Å². The molecule has 0 aliphatic heterocycles. The van der Waals surface area contributed by atoms with Crippen LogP contribution in [0.2, 0.25) is 0 Å². The number of hydrogen-bond donors (Lipinski definition) is 1. The summed E-state index contributed by atoms with van der Waals surface area (Å²) in [5.41, 5.74) is 7.19. The van der Waals surface area contributed by atoms with Gasteiger partial charge in [-0.15, -0.1) is 0 Å². The molecular weight excluding hydrogens is 134 g/mol. The number of hydrogen-bond acceptors (Lipinski definition) is 1. The molecule has 0 amide bonds. The molecule has 0 unspecified atom stereocenters. The van der Waals surface area contributed by atoms with Crippen LogP contribution in [0.4, 0.5) is 0 Å². The number of allylic oxidation sites excluding steroid dienone is 1. The summed E-state index contributed by atoms with van der Waals surface area (Å²) in [4.78, 5) is 0. The molecule has 1 nitrogen and oxygen atoms in total. The maximum atomic E-state index is 5.51. The molecule has 0 aromatic carbocycles. The summed E-state index contributed by atoms with van der Waals surface area (Å²) in [6.45, 7) is 0.749. The first kappa shape index (κ1) is 7.35. The molecule has 1 heteroatoms. The van der Waals surface area contributed by atoms with Gasteiger partial charge in [-0.25, -0.2) is 0 Å². The maximum absolute atomic E-state index is 5.51. The van der Waals surface area contributed by atoms with Gasteiger partial charge in [-0.05, 0) is 43.9 Å². The van der Waals surface area contributed by atoms with Crippen molar-refractivity contribution >= 4 is 0 Å². The molecule has 0 spiro atoms. The summed E-state index contributed by atoms with van der Waals surface area (Å²) >= 11 is 0. The largest absolute Gasteiger partial charge is 0.327 e. The van der Waals surface area contributed by atoms with Crippen LogP contribution in [0.1, 0.15) is 32.1 Å². The lowest BCUT2D eigenvalue weighted by Crippen LogP contribution is -2.25. The molecule has 62 valence electrons. The minimum Gasteiger partial charge on any atom is -0.327 e. The molecule has 2 bridgehead atoms. The molecule has 3 aliphatic carbocycles. The van der Waals surface area contributed by atoms with E-state index in [1.54, 1.807) is 5.57 Å². The number of nitrogens with two attached hydrogens (primary N) is 1. The van der Waals surface area contributed by atoms with E-state index in [-0.39, 0.29) is 0 Å². The fraction of sp³-hybridized carbons (Fsp3) is 0.800. The van der Waals surface area contributed by atoms with Crippen LogP contribution in [0.15, 0.2) is 11.6 Å². The van der Waals surface area contributed by atoms with Crippen LogP contribution in [0.5, 0.6) is 0 Å². The van der Waals surface area contributed by atoms with Crippen molar-refractivity contribution in [3.63, 3.8) is 0 Å². The highest BCUT2D eigenvalue weighted by Crippen LogP contribution is 2.44. The lowest BCUT2D eigenvalue weighted by Gasteiger charge is -2.38. The van der Waals surface area contributed by atoms with Gasteiger partial charge in [0.1, 0.15) is 0 Å². The predicted molar refractivity (Wildman–Crippen MR) is 47.2 cm³/mol. The van der Waals surface area contributed by atoms with Crippen molar-refractivity contribution in [2.75, 3.05) is 6.54 Å². The number of rotatable bonds is 1. The Bertz CT molecular complexity index is 164. The standard InChI is InChI=1S/C10H17N/c11-6-5-10-7-8-1-3-9(10)4-2-8/h5,8-9H,1-4,6-7,11H2/b10-5-. The molecular formula is C10H17N. The van der Waals surface area contributed by atoms with Gasteiger partial charge in [0.2, 0.25) is 0 Å². The third kappa shape index (κ3) is 1.34. The van der Waals surface area contributed by atoms with Crippen LogP contribution < -0.4 is 5.73 Å². The smallest absolute Gasteiger partial charge is 0.0109 e. The fourth-order valence-corrected chi connectivity index (χ4v) is 2.64. The first-order valence-electron chi connectivity index (χ1n) is 4.79. The van der Waals surface area contributed by atoms with Crippen molar-refractivity contribution in [1.29, 1.82) is 0 Å². The molecule has 0 atom stereocenters. The Morgan fingerprint density at radius 2 is 2.00 bits per heavy atom. The van der Waals surface area contributed by atoms with Gasteiger partial charge in [-0.2, -0.15) is 0 Å². The SMILES string of the molecule is NC/C=C1/CC2CCC1CC2. The summed E-state index contributed by atoms with van der Waals surface area (Å²) in [5, 5.41) is 0. The monoisotopic (exact) mass is 151 g/mol. The van der Waals surface area contributed by atoms with E-state index < -0.39 is 0 Å². The Hall–Kier alpha value is -0.300. The van der Waals surface area contributed by atoms with E-state index in [4.69, 9.17) is 5.73 Å². The minimum atomic E-state index is 0.749. The highest BCUT2D eigenvalue weighted by atomic mass is 14.5. The minimum absolute atomic E-state index is 0.749. The average molecular weight is 151 g/mol. The van der Waals surface area contributed by atoms with Crippen LogP contribution in [0.25, 0.3) is 0 Å². The van der Waals surface area contributed by atoms with Gasteiger partial charge >= 0.3 is 0 Å². The summed E-state index contributed by atoms with van der Waals surface area (Å²) in [6.07, 6.45) is 9.46. The highest BCUT2D eigenvalue weighted by molar-refractivity contribution is 5.14. The summed E-state index contributed by atoms with van der Waals surface area (Å²) < 4.78 is 0. The zero-order valence-electron chi connectivity index (χ0n) is 7.05. The quantitative estimate of drug-likeness (QED) is 0.570. The first-order chi connectivity index (χ1) is 5.40. The lowest BCUT2D eigenvalue weighted by molar-refractivity contribution is 0.239. The molecule has 0 heterocycles. The molecule has 3 fully saturated rings. The van der Waals surface area contributed by atoms with E-state index in [9.17, 15) is 0 Å².